The highest BCUT2D eigenvalue weighted by Gasteiger charge is 2.35. The Labute approximate surface area is 201 Å². The Morgan fingerprint density at radius 3 is 2.32 bits per heavy atom. The Kier molecular flexibility index (Phi) is 7.46. The number of carbonyl (C=O) groups is 3. The lowest BCUT2D eigenvalue weighted by atomic mass is 10.1. The Hall–Kier alpha value is -3.40. The van der Waals surface area contributed by atoms with Crippen molar-refractivity contribution in [1.29, 1.82) is 0 Å². The largest absolute Gasteiger partial charge is 0.497 e. The third kappa shape index (κ3) is 5.93. The van der Waals surface area contributed by atoms with E-state index in [0.29, 0.717) is 31.1 Å². The molecule has 2 aliphatic heterocycles. The number of ether oxygens (including phenoxy) is 4. The monoisotopic (exact) mass is 486 g/mol. The molecule has 2 aromatic rings. The van der Waals surface area contributed by atoms with Crippen LogP contribution < -0.4 is 19.5 Å². The average Bonchev–Trinajstić information content (AvgIpc) is 3.37. The lowest BCUT2D eigenvalue weighted by Crippen LogP contribution is -2.38. The van der Waals surface area contributed by atoms with Gasteiger partial charge in [0.25, 0.3) is 5.24 Å². The molecule has 3 unspecified atom stereocenters. The van der Waals surface area contributed by atoms with Crippen LogP contribution in [0.2, 0.25) is 0 Å². The van der Waals surface area contributed by atoms with Gasteiger partial charge in [-0.2, -0.15) is 0 Å². The first-order valence-corrected chi connectivity index (χ1v) is 11.8. The molecule has 0 aliphatic carbocycles. The smallest absolute Gasteiger partial charge is 0.410 e. The summed E-state index contributed by atoms with van der Waals surface area (Å²) >= 11 is 1.01. The van der Waals surface area contributed by atoms with Crippen LogP contribution in [0.3, 0.4) is 0 Å². The Bertz CT molecular complexity index is 1030. The molecular weight excluding hydrogens is 460 g/mol. The summed E-state index contributed by atoms with van der Waals surface area (Å²) in [5, 5.41) is 1.58. The summed E-state index contributed by atoms with van der Waals surface area (Å²) in [5.74, 6) is 1.82. The first kappa shape index (κ1) is 23.7. The number of nitrogens with one attached hydrogen (secondary N) is 1. The van der Waals surface area contributed by atoms with Crippen molar-refractivity contribution in [3.05, 3.63) is 54.1 Å². The highest BCUT2D eigenvalue weighted by Crippen LogP contribution is 2.24. The van der Waals surface area contributed by atoms with Crippen molar-refractivity contribution in [1.82, 2.24) is 10.2 Å². The molecule has 0 saturated carbocycles. The number of hydrogen-bond donors (Lipinski definition) is 1. The molecule has 10 heteroatoms. The second-order valence-electron chi connectivity index (χ2n) is 8.04. The van der Waals surface area contributed by atoms with E-state index in [2.05, 4.69) is 5.32 Å². The molecule has 0 spiro atoms. The van der Waals surface area contributed by atoms with Gasteiger partial charge >= 0.3 is 6.09 Å². The predicted molar refractivity (Wildman–Crippen MR) is 125 cm³/mol. The maximum atomic E-state index is 12.3. The highest BCUT2D eigenvalue weighted by molar-refractivity contribution is 8.15. The van der Waals surface area contributed by atoms with Gasteiger partial charge in [-0.15, -0.1) is 0 Å². The van der Waals surface area contributed by atoms with Crippen LogP contribution in [0, 0.1) is 0 Å². The van der Waals surface area contributed by atoms with Gasteiger partial charge in [0.2, 0.25) is 5.91 Å². The quantitative estimate of drug-likeness (QED) is 0.546. The molecule has 2 aliphatic rings. The minimum Gasteiger partial charge on any atom is -0.497 e. The van der Waals surface area contributed by atoms with Crippen molar-refractivity contribution in [2.45, 2.75) is 30.7 Å². The Balaban J connectivity index is 1.21. The van der Waals surface area contributed by atoms with Crippen molar-refractivity contribution in [3.63, 3.8) is 0 Å². The summed E-state index contributed by atoms with van der Waals surface area (Å²) < 4.78 is 22.1. The number of benzene rings is 2. The van der Waals surface area contributed by atoms with E-state index in [1.165, 1.54) is 0 Å². The van der Waals surface area contributed by atoms with E-state index in [9.17, 15) is 14.4 Å². The van der Waals surface area contributed by atoms with Gasteiger partial charge in [0.15, 0.2) is 6.10 Å². The third-order valence-corrected chi connectivity index (χ3v) is 6.51. The fourth-order valence-corrected chi connectivity index (χ4v) is 4.48. The lowest BCUT2D eigenvalue weighted by molar-refractivity contribution is -0.118. The van der Waals surface area contributed by atoms with Crippen molar-refractivity contribution in [2.75, 3.05) is 26.9 Å². The maximum Gasteiger partial charge on any atom is 0.410 e. The number of amides is 3. The topological polar surface area (TPSA) is 103 Å². The number of hydrogen-bond acceptors (Lipinski definition) is 8. The molecule has 2 aromatic carbocycles. The average molecular weight is 487 g/mol. The lowest BCUT2D eigenvalue weighted by Gasteiger charge is -2.22. The summed E-state index contributed by atoms with van der Waals surface area (Å²) in [4.78, 5) is 36.9. The number of methoxy groups -OCH3 is 1. The fourth-order valence-electron chi connectivity index (χ4n) is 3.62. The van der Waals surface area contributed by atoms with Crippen LogP contribution in [0.4, 0.5) is 9.59 Å². The van der Waals surface area contributed by atoms with E-state index in [0.717, 1.165) is 23.1 Å². The number of rotatable bonds is 10. The standard InChI is InChI=1S/C24H26N2O7S/c1-15(13-31-18-5-3-16(4-6-18)11-21-22(27)25-23(28)34-21)26-12-20(33-24(26)29)14-32-19-9-7-17(30-2)8-10-19/h3-10,15,20-21H,11-14H2,1-2H3,(H,25,27,28). The maximum absolute atomic E-state index is 12.3. The number of cyclic esters (lactones) is 1. The van der Waals surface area contributed by atoms with Crippen molar-refractivity contribution < 1.29 is 33.3 Å². The molecule has 3 amide bonds. The van der Waals surface area contributed by atoms with Crippen molar-refractivity contribution in [3.8, 4) is 17.2 Å². The van der Waals surface area contributed by atoms with Gasteiger partial charge < -0.3 is 18.9 Å². The van der Waals surface area contributed by atoms with Crippen LogP contribution in [-0.4, -0.2) is 66.4 Å². The van der Waals surface area contributed by atoms with Gasteiger partial charge in [-0.3, -0.25) is 19.8 Å². The van der Waals surface area contributed by atoms with E-state index < -0.39 is 11.3 Å². The molecule has 34 heavy (non-hydrogen) atoms. The summed E-state index contributed by atoms with van der Waals surface area (Å²) in [5.41, 5.74) is 0.936. The van der Waals surface area contributed by atoms with E-state index in [1.54, 1.807) is 36.3 Å². The van der Waals surface area contributed by atoms with Gasteiger partial charge in [-0.25, -0.2) is 4.79 Å². The molecular formula is C24H26N2O7S. The SMILES string of the molecule is COc1ccc(OCC2CN(C(C)COc3ccc(CC4SC(=O)NC4=O)cc3)C(=O)O2)cc1. The van der Waals surface area contributed by atoms with Gasteiger partial charge in [0.05, 0.1) is 24.9 Å². The fraction of sp³-hybridized carbons (Fsp3) is 0.375. The number of carbonyl (C=O) groups excluding carboxylic acids is 3. The number of nitrogens with zero attached hydrogens (tertiary/aromatic N) is 1. The Morgan fingerprint density at radius 2 is 1.68 bits per heavy atom. The molecule has 0 radical (unpaired) electrons. The van der Waals surface area contributed by atoms with Crippen LogP contribution in [0.5, 0.6) is 17.2 Å². The molecule has 180 valence electrons. The Morgan fingerprint density at radius 1 is 1.03 bits per heavy atom. The van der Waals surface area contributed by atoms with E-state index in [-0.39, 0.29) is 29.9 Å². The van der Waals surface area contributed by atoms with Crippen LogP contribution in [0.1, 0.15) is 12.5 Å². The second-order valence-corrected chi connectivity index (χ2v) is 9.21. The summed E-state index contributed by atoms with van der Waals surface area (Å²) in [6, 6.07) is 14.4. The van der Waals surface area contributed by atoms with E-state index in [1.807, 2.05) is 31.2 Å². The molecule has 4 rings (SSSR count). The summed E-state index contributed by atoms with van der Waals surface area (Å²) in [6.07, 6.45) is -0.288. The molecule has 0 aromatic heterocycles. The number of thioether (sulfide) groups is 1. The molecule has 2 fully saturated rings. The van der Waals surface area contributed by atoms with Crippen molar-refractivity contribution in [2.24, 2.45) is 0 Å². The molecule has 3 atom stereocenters. The van der Waals surface area contributed by atoms with Gasteiger partial charge in [0, 0.05) is 0 Å². The molecule has 1 N–H and O–H groups in total. The summed E-state index contributed by atoms with van der Waals surface area (Å²) in [7, 11) is 1.60. The van der Waals surface area contributed by atoms with E-state index >= 15 is 0 Å². The zero-order chi connectivity index (χ0) is 24.1. The van der Waals surface area contributed by atoms with Crippen LogP contribution >= 0.6 is 11.8 Å². The molecule has 0 bridgehead atoms. The summed E-state index contributed by atoms with van der Waals surface area (Å²) in [6.45, 7) is 2.87. The predicted octanol–water partition coefficient (Wildman–Crippen LogP) is 3.26. The van der Waals surface area contributed by atoms with Crippen LogP contribution in [0.15, 0.2) is 48.5 Å². The minimum absolute atomic E-state index is 0.192. The molecule has 9 nitrogen and oxygen atoms in total. The first-order valence-electron chi connectivity index (χ1n) is 10.9. The minimum atomic E-state index is -0.401. The van der Waals surface area contributed by atoms with Gasteiger partial charge in [-0.1, -0.05) is 23.9 Å². The highest BCUT2D eigenvalue weighted by atomic mass is 32.2. The van der Waals surface area contributed by atoms with Crippen LogP contribution in [0.25, 0.3) is 0 Å². The zero-order valence-corrected chi connectivity index (χ0v) is 19.7. The van der Waals surface area contributed by atoms with E-state index in [4.69, 9.17) is 18.9 Å². The van der Waals surface area contributed by atoms with Gasteiger partial charge in [-0.05, 0) is 55.3 Å². The van der Waals surface area contributed by atoms with Crippen LogP contribution in [-0.2, 0) is 16.0 Å². The molecule has 2 heterocycles. The second kappa shape index (κ2) is 10.7. The number of imide groups is 1. The zero-order valence-electron chi connectivity index (χ0n) is 18.9. The molecule has 2 saturated heterocycles. The first-order chi connectivity index (χ1) is 16.4. The normalized spacial score (nSPS) is 20.6. The van der Waals surface area contributed by atoms with Gasteiger partial charge in [0.1, 0.15) is 30.5 Å². The van der Waals surface area contributed by atoms with Crippen molar-refractivity contribution >= 4 is 29.0 Å². The third-order valence-electron chi connectivity index (χ3n) is 5.53.